The van der Waals surface area contributed by atoms with E-state index in [1.54, 1.807) is 13.2 Å². The van der Waals surface area contributed by atoms with E-state index in [0.717, 1.165) is 11.1 Å². The first kappa shape index (κ1) is 13.3. The maximum Gasteiger partial charge on any atom is 0.242 e. The molecule has 16 heavy (non-hydrogen) atoms. The number of sulfonamides is 1. The second-order valence-electron chi connectivity index (χ2n) is 3.41. The first-order chi connectivity index (χ1) is 7.41. The fourth-order valence-corrected chi connectivity index (χ4v) is 2.40. The number of rotatable bonds is 4. The number of benzene rings is 1. The van der Waals surface area contributed by atoms with Crippen molar-refractivity contribution in [1.29, 1.82) is 0 Å². The molecule has 6 heteroatoms. The van der Waals surface area contributed by atoms with Crippen molar-refractivity contribution >= 4 is 31.6 Å². The number of halogens is 1. The highest BCUT2D eigenvalue weighted by Gasteiger charge is 2.13. The van der Waals surface area contributed by atoms with Crippen LogP contribution in [-0.2, 0) is 10.0 Å². The lowest BCUT2D eigenvalue weighted by Crippen LogP contribution is -2.14. The number of alkyl halides is 1. The summed E-state index contributed by atoms with van der Waals surface area (Å²) in [6, 6.07) is 3.55. The Labute approximate surface area is 104 Å². The molecule has 0 radical (unpaired) electrons. The van der Waals surface area contributed by atoms with Crippen molar-refractivity contribution in [2.75, 3.05) is 16.5 Å². The summed E-state index contributed by atoms with van der Waals surface area (Å²) in [5, 5.41) is 0. The molecule has 1 rings (SSSR count). The Morgan fingerprint density at radius 1 is 1.38 bits per heavy atom. The lowest BCUT2D eigenvalue weighted by Gasteiger charge is -2.14. The minimum absolute atomic E-state index is 0.129. The lowest BCUT2D eigenvalue weighted by molar-refractivity contribution is 0.409. The van der Waals surface area contributed by atoms with Crippen LogP contribution < -0.4 is 9.46 Å². The first-order valence-corrected chi connectivity index (χ1v) is 7.39. The smallest absolute Gasteiger partial charge is 0.242 e. The summed E-state index contributed by atoms with van der Waals surface area (Å²) in [6.07, 6.45) is 0. The van der Waals surface area contributed by atoms with Crippen LogP contribution in [0.3, 0.4) is 0 Å². The lowest BCUT2D eigenvalue weighted by atomic mass is 10.1. The molecular formula is C10H14BrNO3S. The molecule has 0 amide bonds. The average molecular weight is 308 g/mol. The molecule has 0 aliphatic heterocycles. The molecule has 1 N–H and O–H groups in total. The van der Waals surface area contributed by atoms with E-state index in [-0.39, 0.29) is 4.66 Å². The molecule has 0 unspecified atom stereocenters. The maximum absolute atomic E-state index is 11.4. The van der Waals surface area contributed by atoms with Crippen LogP contribution in [-0.4, -0.2) is 20.2 Å². The zero-order valence-corrected chi connectivity index (χ0v) is 11.8. The molecule has 0 bridgehead atoms. The average Bonchev–Trinajstić information content (AvgIpc) is 2.23. The van der Waals surface area contributed by atoms with Gasteiger partial charge in [0.1, 0.15) is 10.4 Å². The minimum atomic E-state index is -3.32. The highest BCUT2D eigenvalue weighted by Crippen LogP contribution is 2.29. The molecule has 0 aliphatic carbocycles. The number of methoxy groups -OCH3 is 1. The summed E-state index contributed by atoms with van der Waals surface area (Å²) >= 11 is 2.92. The Morgan fingerprint density at radius 2 is 2.00 bits per heavy atom. The molecule has 0 spiro atoms. The van der Waals surface area contributed by atoms with Crippen molar-refractivity contribution in [2.45, 2.75) is 13.8 Å². The molecule has 0 saturated heterocycles. The molecule has 0 aliphatic rings. The van der Waals surface area contributed by atoms with Crippen LogP contribution in [0.2, 0.25) is 0 Å². The van der Waals surface area contributed by atoms with Crippen molar-refractivity contribution in [2.24, 2.45) is 0 Å². The Balaban J connectivity index is 3.17. The largest absolute Gasteiger partial charge is 0.496 e. The monoisotopic (exact) mass is 307 g/mol. The summed E-state index contributed by atoms with van der Waals surface area (Å²) < 4.78 is 30.4. The second kappa shape index (κ2) is 5.05. The van der Waals surface area contributed by atoms with Crippen LogP contribution in [0, 0.1) is 13.8 Å². The number of nitrogens with one attached hydrogen (secondary N) is 1. The van der Waals surface area contributed by atoms with Crippen molar-refractivity contribution in [3.05, 3.63) is 23.3 Å². The molecule has 4 nitrogen and oxygen atoms in total. The number of ether oxygens (including phenoxy) is 1. The summed E-state index contributed by atoms with van der Waals surface area (Å²) in [5.74, 6) is 0.703. The van der Waals surface area contributed by atoms with Gasteiger partial charge < -0.3 is 4.74 Å². The van der Waals surface area contributed by atoms with E-state index in [4.69, 9.17) is 4.74 Å². The van der Waals surface area contributed by atoms with Gasteiger partial charge in [0.05, 0.1) is 12.8 Å². The summed E-state index contributed by atoms with van der Waals surface area (Å²) in [6.45, 7) is 3.73. The standard InChI is InChI=1S/C10H14BrNO3S/c1-7-4-5-9(8(2)10(7)15-3)12-16(13,14)6-11/h4-5,12H,6H2,1-3H3. The Bertz CT molecular complexity index is 485. The number of hydrogen-bond donors (Lipinski definition) is 1. The van der Waals surface area contributed by atoms with Gasteiger partial charge in [0, 0.05) is 5.56 Å². The van der Waals surface area contributed by atoms with E-state index in [2.05, 4.69) is 20.7 Å². The minimum Gasteiger partial charge on any atom is -0.496 e. The normalized spacial score (nSPS) is 11.2. The van der Waals surface area contributed by atoms with Crippen molar-refractivity contribution in [1.82, 2.24) is 0 Å². The van der Waals surface area contributed by atoms with Crippen LogP contribution in [0.15, 0.2) is 12.1 Å². The third kappa shape index (κ3) is 2.89. The zero-order chi connectivity index (χ0) is 12.3. The zero-order valence-electron chi connectivity index (χ0n) is 9.37. The summed E-state index contributed by atoms with van der Waals surface area (Å²) in [5.41, 5.74) is 2.30. The van der Waals surface area contributed by atoms with Crippen LogP contribution in [0.5, 0.6) is 5.75 Å². The highest BCUT2D eigenvalue weighted by molar-refractivity contribution is 9.10. The topological polar surface area (TPSA) is 55.4 Å². The van der Waals surface area contributed by atoms with E-state index in [0.29, 0.717) is 11.4 Å². The van der Waals surface area contributed by atoms with Gasteiger partial charge in [0.25, 0.3) is 0 Å². The highest BCUT2D eigenvalue weighted by atomic mass is 79.9. The maximum atomic E-state index is 11.4. The van der Waals surface area contributed by atoms with E-state index in [9.17, 15) is 8.42 Å². The quantitative estimate of drug-likeness (QED) is 0.869. The number of aryl methyl sites for hydroxylation is 1. The van der Waals surface area contributed by atoms with E-state index < -0.39 is 10.0 Å². The summed E-state index contributed by atoms with van der Waals surface area (Å²) in [4.78, 5) is 0. The van der Waals surface area contributed by atoms with Gasteiger partial charge in [-0.3, -0.25) is 4.72 Å². The molecule has 0 aromatic heterocycles. The third-order valence-electron chi connectivity index (χ3n) is 2.22. The van der Waals surface area contributed by atoms with Gasteiger partial charge >= 0.3 is 0 Å². The van der Waals surface area contributed by atoms with Gasteiger partial charge in [0.15, 0.2) is 0 Å². The fraction of sp³-hybridized carbons (Fsp3) is 0.400. The van der Waals surface area contributed by atoms with Crippen molar-refractivity contribution in [3.8, 4) is 5.75 Å². The van der Waals surface area contributed by atoms with Crippen LogP contribution in [0.1, 0.15) is 11.1 Å². The van der Waals surface area contributed by atoms with Gasteiger partial charge in [-0.1, -0.05) is 22.0 Å². The number of hydrogen-bond acceptors (Lipinski definition) is 3. The molecule has 0 atom stereocenters. The van der Waals surface area contributed by atoms with Crippen LogP contribution in [0.4, 0.5) is 5.69 Å². The molecule has 0 fully saturated rings. The van der Waals surface area contributed by atoms with Crippen LogP contribution in [0.25, 0.3) is 0 Å². The molecule has 0 heterocycles. The second-order valence-corrected chi connectivity index (χ2v) is 6.44. The molecule has 0 saturated carbocycles. The van der Waals surface area contributed by atoms with E-state index in [1.807, 2.05) is 19.9 Å². The molecule has 1 aromatic rings. The fourth-order valence-electron chi connectivity index (χ4n) is 1.45. The van der Waals surface area contributed by atoms with Crippen LogP contribution >= 0.6 is 15.9 Å². The Hall–Kier alpha value is -0.750. The van der Waals surface area contributed by atoms with Crippen molar-refractivity contribution < 1.29 is 13.2 Å². The Morgan fingerprint density at radius 3 is 2.50 bits per heavy atom. The third-order valence-corrected chi connectivity index (χ3v) is 4.84. The van der Waals surface area contributed by atoms with Gasteiger partial charge in [-0.25, -0.2) is 8.42 Å². The summed E-state index contributed by atoms with van der Waals surface area (Å²) in [7, 11) is -1.75. The van der Waals surface area contributed by atoms with Gasteiger partial charge in [-0.15, -0.1) is 0 Å². The van der Waals surface area contributed by atoms with Gasteiger partial charge in [-0.05, 0) is 25.5 Å². The van der Waals surface area contributed by atoms with Gasteiger partial charge in [-0.2, -0.15) is 0 Å². The Kier molecular flexibility index (Phi) is 4.21. The van der Waals surface area contributed by atoms with E-state index >= 15 is 0 Å². The molecular weight excluding hydrogens is 294 g/mol. The van der Waals surface area contributed by atoms with E-state index in [1.165, 1.54) is 0 Å². The van der Waals surface area contributed by atoms with Gasteiger partial charge in [0.2, 0.25) is 10.0 Å². The predicted octanol–water partition coefficient (Wildman–Crippen LogP) is 2.41. The first-order valence-electron chi connectivity index (χ1n) is 4.62. The van der Waals surface area contributed by atoms with Crippen molar-refractivity contribution in [3.63, 3.8) is 0 Å². The molecule has 90 valence electrons. The SMILES string of the molecule is COc1c(C)ccc(NS(=O)(=O)CBr)c1C. The number of anilines is 1. The molecule has 1 aromatic carbocycles. The predicted molar refractivity (Wildman–Crippen MR) is 68.8 cm³/mol.